The van der Waals surface area contributed by atoms with Crippen molar-refractivity contribution < 1.29 is 4.79 Å². The second-order valence-electron chi connectivity index (χ2n) is 5.18. The summed E-state index contributed by atoms with van der Waals surface area (Å²) in [6.07, 6.45) is 4.50. The molecule has 1 fully saturated rings. The van der Waals surface area contributed by atoms with E-state index in [1.54, 1.807) is 18.0 Å². The molecule has 1 saturated heterocycles. The van der Waals surface area contributed by atoms with E-state index in [1.165, 1.54) is 11.3 Å². The number of carbonyl (C=O) groups excluding carboxylic acids is 1. The molecule has 6 nitrogen and oxygen atoms in total. The zero-order chi connectivity index (χ0) is 16.1. The van der Waals surface area contributed by atoms with Crippen LogP contribution in [0.2, 0.25) is 0 Å². The fraction of sp³-hybridized carbons (Fsp3) is 0.400. The van der Waals surface area contributed by atoms with Crippen molar-refractivity contribution in [1.29, 1.82) is 5.26 Å². The Labute approximate surface area is 142 Å². The first kappa shape index (κ1) is 15.9. The van der Waals surface area contributed by atoms with Crippen molar-refractivity contribution >= 4 is 34.1 Å². The molecule has 0 saturated carbocycles. The van der Waals surface area contributed by atoms with Gasteiger partial charge in [-0.15, -0.1) is 22.0 Å². The van der Waals surface area contributed by atoms with Crippen LogP contribution in [0.4, 0.5) is 5.13 Å². The largest absolute Gasteiger partial charge is 0.300 e. The van der Waals surface area contributed by atoms with E-state index in [1.807, 2.05) is 18.2 Å². The number of aromatic nitrogens is 3. The number of rotatable bonds is 5. The van der Waals surface area contributed by atoms with Crippen molar-refractivity contribution in [3.8, 4) is 6.07 Å². The summed E-state index contributed by atoms with van der Waals surface area (Å²) in [5.41, 5.74) is 0.723. The minimum atomic E-state index is -0.146. The highest BCUT2D eigenvalue weighted by Crippen LogP contribution is 2.46. The first-order valence-corrected chi connectivity index (χ1v) is 9.06. The van der Waals surface area contributed by atoms with E-state index in [2.05, 4.69) is 26.6 Å². The van der Waals surface area contributed by atoms with Gasteiger partial charge in [0.15, 0.2) is 0 Å². The standard InChI is InChI=1S/C15H15N5OS2/c16-7-6-11-4-5-12(22-11)14-19-20-15(23-14)18-13(21)9-10-3-1-2-8-17-10/h1-3,8,11-12H,4-6,9H2,(H,18,20,21). The maximum absolute atomic E-state index is 12.0. The SMILES string of the molecule is N#CCC1CCC(c2nnc(NC(=O)Cc3ccccn3)s2)S1. The molecule has 1 aliphatic heterocycles. The van der Waals surface area contributed by atoms with Gasteiger partial charge in [-0.3, -0.25) is 9.78 Å². The molecule has 1 aliphatic rings. The lowest BCUT2D eigenvalue weighted by atomic mass is 10.2. The molecule has 0 aromatic carbocycles. The Kier molecular flexibility index (Phi) is 5.20. The van der Waals surface area contributed by atoms with Gasteiger partial charge in [0.1, 0.15) is 5.01 Å². The maximum Gasteiger partial charge on any atom is 0.232 e. The van der Waals surface area contributed by atoms with Crippen LogP contribution in [0.1, 0.15) is 35.2 Å². The van der Waals surface area contributed by atoms with E-state index in [9.17, 15) is 4.79 Å². The maximum atomic E-state index is 12.0. The van der Waals surface area contributed by atoms with Crippen LogP contribution in [-0.2, 0) is 11.2 Å². The number of carbonyl (C=O) groups is 1. The number of anilines is 1. The van der Waals surface area contributed by atoms with E-state index >= 15 is 0 Å². The molecule has 118 valence electrons. The summed E-state index contributed by atoms with van der Waals surface area (Å²) in [7, 11) is 0. The number of hydrogen-bond donors (Lipinski definition) is 1. The number of hydrogen-bond acceptors (Lipinski definition) is 7. The summed E-state index contributed by atoms with van der Waals surface area (Å²) in [5.74, 6) is -0.146. The van der Waals surface area contributed by atoms with Crippen LogP contribution in [0.15, 0.2) is 24.4 Å². The first-order chi connectivity index (χ1) is 11.2. The first-order valence-electron chi connectivity index (χ1n) is 7.30. The Hall–Kier alpha value is -1.98. The molecule has 0 spiro atoms. The number of thioether (sulfide) groups is 1. The molecule has 3 rings (SSSR count). The minimum Gasteiger partial charge on any atom is -0.300 e. The third-order valence-electron chi connectivity index (χ3n) is 3.46. The normalized spacial score (nSPS) is 20.1. The molecule has 2 aromatic rings. The van der Waals surface area contributed by atoms with Gasteiger partial charge in [0.05, 0.1) is 17.7 Å². The van der Waals surface area contributed by atoms with Crippen LogP contribution in [0, 0.1) is 11.3 Å². The zero-order valence-corrected chi connectivity index (χ0v) is 13.9. The minimum absolute atomic E-state index is 0.146. The zero-order valence-electron chi connectivity index (χ0n) is 12.3. The summed E-state index contributed by atoms with van der Waals surface area (Å²) < 4.78 is 0. The summed E-state index contributed by atoms with van der Waals surface area (Å²) in [6, 6.07) is 7.71. The van der Waals surface area contributed by atoms with E-state index in [0.29, 0.717) is 16.8 Å². The predicted molar refractivity (Wildman–Crippen MR) is 90.1 cm³/mol. The Morgan fingerprint density at radius 2 is 2.30 bits per heavy atom. The summed E-state index contributed by atoms with van der Waals surface area (Å²) in [6.45, 7) is 0. The van der Waals surface area contributed by atoms with Gasteiger partial charge in [0.2, 0.25) is 11.0 Å². The lowest BCUT2D eigenvalue weighted by molar-refractivity contribution is -0.115. The lowest BCUT2D eigenvalue weighted by Gasteiger charge is -2.04. The molecular formula is C15H15N5OS2. The quantitative estimate of drug-likeness (QED) is 0.896. The average Bonchev–Trinajstić information content (AvgIpc) is 3.18. The predicted octanol–water partition coefficient (Wildman–Crippen LogP) is 2.96. The third kappa shape index (κ3) is 4.27. The number of nitrogens with zero attached hydrogens (tertiary/aromatic N) is 4. The summed E-state index contributed by atoms with van der Waals surface area (Å²) in [5, 5.41) is 21.9. The molecule has 0 bridgehead atoms. The Morgan fingerprint density at radius 3 is 3.09 bits per heavy atom. The molecule has 2 unspecified atom stereocenters. The summed E-state index contributed by atoms with van der Waals surface area (Å²) >= 11 is 3.20. The highest BCUT2D eigenvalue weighted by molar-refractivity contribution is 8.00. The van der Waals surface area contributed by atoms with Crippen molar-refractivity contribution in [2.24, 2.45) is 0 Å². The number of nitriles is 1. The average molecular weight is 345 g/mol. The molecule has 1 N–H and O–H groups in total. The van der Waals surface area contributed by atoms with Crippen LogP contribution in [0.25, 0.3) is 0 Å². The molecule has 2 atom stereocenters. The molecule has 2 aromatic heterocycles. The highest BCUT2D eigenvalue weighted by Gasteiger charge is 2.29. The highest BCUT2D eigenvalue weighted by atomic mass is 32.2. The van der Waals surface area contributed by atoms with E-state index < -0.39 is 0 Å². The topological polar surface area (TPSA) is 91.6 Å². The molecule has 0 radical (unpaired) electrons. The molecular weight excluding hydrogens is 330 g/mol. The molecule has 8 heteroatoms. The van der Waals surface area contributed by atoms with Gasteiger partial charge < -0.3 is 5.32 Å². The van der Waals surface area contributed by atoms with Crippen molar-refractivity contribution in [3.63, 3.8) is 0 Å². The van der Waals surface area contributed by atoms with Gasteiger partial charge >= 0.3 is 0 Å². The summed E-state index contributed by atoms with van der Waals surface area (Å²) in [4.78, 5) is 16.1. The fourth-order valence-corrected chi connectivity index (χ4v) is 4.82. The van der Waals surface area contributed by atoms with Crippen LogP contribution in [-0.4, -0.2) is 26.3 Å². The van der Waals surface area contributed by atoms with Gasteiger partial charge in [0.25, 0.3) is 0 Å². The molecule has 3 heterocycles. The monoisotopic (exact) mass is 345 g/mol. The fourth-order valence-electron chi connectivity index (χ4n) is 2.39. The van der Waals surface area contributed by atoms with Gasteiger partial charge in [-0.25, -0.2) is 0 Å². The van der Waals surface area contributed by atoms with Crippen molar-refractivity contribution in [3.05, 3.63) is 35.1 Å². The van der Waals surface area contributed by atoms with Gasteiger partial charge in [-0.2, -0.15) is 5.26 Å². The molecule has 1 amide bonds. The third-order valence-corrected chi connectivity index (χ3v) is 6.13. The molecule has 23 heavy (non-hydrogen) atoms. The van der Waals surface area contributed by atoms with E-state index in [4.69, 9.17) is 5.26 Å². The van der Waals surface area contributed by atoms with Crippen molar-refractivity contribution in [1.82, 2.24) is 15.2 Å². The van der Waals surface area contributed by atoms with Gasteiger partial charge in [-0.05, 0) is 25.0 Å². The number of nitrogens with one attached hydrogen (secondary N) is 1. The second-order valence-corrected chi connectivity index (χ2v) is 7.69. The van der Waals surface area contributed by atoms with Crippen LogP contribution in [0.5, 0.6) is 0 Å². The Bertz CT molecular complexity index is 712. The number of amides is 1. The van der Waals surface area contributed by atoms with Crippen LogP contribution >= 0.6 is 23.1 Å². The van der Waals surface area contributed by atoms with E-state index in [0.717, 1.165) is 23.5 Å². The Morgan fingerprint density at radius 1 is 1.39 bits per heavy atom. The van der Waals surface area contributed by atoms with Gasteiger partial charge in [-0.1, -0.05) is 17.4 Å². The second kappa shape index (κ2) is 7.53. The van der Waals surface area contributed by atoms with Crippen molar-refractivity contribution in [2.45, 2.75) is 36.2 Å². The number of pyridine rings is 1. The Balaban J connectivity index is 1.55. The van der Waals surface area contributed by atoms with Crippen LogP contribution in [0.3, 0.4) is 0 Å². The molecule has 0 aliphatic carbocycles. The van der Waals surface area contributed by atoms with E-state index in [-0.39, 0.29) is 17.6 Å². The van der Waals surface area contributed by atoms with Crippen molar-refractivity contribution in [2.75, 3.05) is 5.32 Å². The van der Waals surface area contributed by atoms with Gasteiger partial charge in [0, 0.05) is 23.6 Å². The van der Waals surface area contributed by atoms with Crippen LogP contribution < -0.4 is 5.32 Å². The lowest BCUT2D eigenvalue weighted by Crippen LogP contribution is -2.14. The smallest absolute Gasteiger partial charge is 0.232 e.